The lowest BCUT2D eigenvalue weighted by molar-refractivity contribution is 0.0256. The lowest BCUT2D eigenvalue weighted by atomic mass is 10.1. The molecule has 1 aliphatic heterocycles. The number of carbonyl (C=O) groups excluding carboxylic acids is 1. The van der Waals surface area contributed by atoms with E-state index in [0.29, 0.717) is 0 Å². The zero-order chi connectivity index (χ0) is 17.4. The average molecular weight is 329 g/mol. The Morgan fingerprint density at radius 1 is 1.25 bits per heavy atom. The van der Waals surface area contributed by atoms with Gasteiger partial charge in [0.2, 0.25) is 0 Å². The fourth-order valence-electron chi connectivity index (χ4n) is 3.03. The first kappa shape index (κ1) is 18.6. The molecule has 1 amide bonds. The molecule has 3 heteroatoms. The largest absolute Gasteiger partial charge is 0.444 e. The summed E-state index contributed by atoms with van der Waals surface area (Å²) in [5.74, 6) is 0. The van der Waals surface area contributed by atoms with E-state index < -0.39 is 5.60 Å². The summed E-state index contributed by atoms with van der Waals surface area (Å²) in [6.45, 7) is 6.55. The standard InChI is InChI=1S/C21H31NO2/c1-21(2,3)24-20(23)22-17-11-16-19(22)15-10-5-4-7-12-18-13-8-6-9-14-18/h6,8-10,13-15,19H,4-5,7,11-12,16-17H2,1-3H3/t19-/m1/s1. The van der Waals surface area contributed by atoms with E-state index in [4.69, 9.17) is 4.74 Å². The van der Waals surface area contributed by atoms with Gasteiger partial charge in [-0.1, -0.05) is 42.5 Å². The van der Waals surface area contributed by atoms with Gasteiger partial charge in [-0.15, -0.1) is 0 Å². The first-order chi connectivity index (χ1) is 11.5. The van der Waals surface area contributed by atoms with Gasteiger partial charge in [0.05, 0.1) is 6.04 Å². The van der Waals surface area contributed by atoms with E-state index in [0.717, 1.165) is 32.2 Å². The van der Waals surface area contributed by atoms with Gasteiger partial charge < -0.3 is 9.64 Å². The highest BCUT2D eigenvalue weighted by Gasteiger charge is 2.30. The molecule has 1 saturated heterocycles. The number of nitrogens with zero attached hydrogens (tertiary/aromatic N) is 1. The number of rotatable bonds is 6. The van der Waals surface area contributed by atoms with E-state index in [2.05, 4.69) is 42.5 Å². The number of benzene rings is 1. The van der Waals surface area contributed by atoms with E-state index >= 15 is 0 Å². The molecule has 1 fully saturated rings. The van der Waals surface area contributed by atoms with Gasteiger partial charge >= 0.3 is 6.09 Å². The van der Waals surface area contributed by atoms with Gasteiger partial charge in [0.25, 0.3) is 0 Å². The van der Waals surface area contributed by atoms with Gasteiger partial charge in [-0.25, -0.2) is 4.79 Å². The number of allylic oxidation sites excluding steroid dienone is 1. The van der Waals surface area contributed by atoms with Crippen LogP contribution >= 0.6 is 0 Å². The smallest absolute Gasteiger partial charge is 0.410 e. The molecule has 1 heterocycles. The fraction of sp³-hybridized carbons (Fsp3) is 0.571. The van der Waals surface area contributed by atoms with Crippen molar-refractivity contribution in [1.29, 1.82) is 0 Å². The van der Waals surface area contributed by atoms with Crippen molar-refractivity contribution in [3.63, 3.8) is 0 Å². The first-order valence-electron chi connectivity index (χ1n) is 9.16. The lowest BCUT2D eigenvalue weighted by Gasteiger charge is -2.27. The molecule has 1 aromatic carbocycles. The molecule has 0 N–H and O–H groups in total. The molecular formula is C21H31NO2. The molecule has 1 atom stereocenters. The molecule has 0 aliphatic carbocycles. The average Bonchev–Trinajstić information content (AvgIpc) is 2.99. The molecule has 0 unspecified atom stereocenters. The molecule has 132 valence electrons. The fourth-order valence-corrected chi connectivity index (χ4v) is 3.03. The van der Waals surface area contributed by atoms with Crippen molar-refractivity contribution in [2.75, 3.05) is 6.54 Å². The number of aryl methyl sites for hydroxylation is 1. The predicted octanol–water partition coefficient (Wildman–Crippen LogP) is 5.36. The zero-order valence-electron chi connectivity index (χ0n) is 15.3. The van der Waals surface area contributed by atoms with Gasteiger partial charge in [-0.3, -0.25) is 0 Å². The number of amides is 1. The molecule has 0 radical (unpaired) electrons. The van der Waals surface area contributed by atoms with Crippen molar-refractivity contribution in [3.05, 3.63) is 48.0 Å². The van der Waals surface area contributed by atoms with Crippen molar-refractivity contribution in [2.24, 2.45) is 0 Å². The zero-order valence-corrected chi connectivity index (χ0v) is 15.3. The molecule has 2 rings (SSSR count). The van der Waals surface area contributed by atoms with Crippen molar-refractivity contribution in [2.45, 2.75) is 70.9 Å². The van der Waals surface area contributed by atoms with Gasteiger partial charge in [0, 0.05) is 6.54 Å². The Hall–Kier alpha value is -1.77. The van der Waals surface area contributed by atoms with Crippen molar-refractivity contribution >= 4 is 6.09 Å². The highest BCUT2D eigenvalue weighted by atomic mass is 16.6. The summed E-state index contributed by atoms with van der Waals surface area (Å²) >= 11 is 0. The quantitative estimate of drug-likeness (QED) is 0.520. The van der Waals surface area contributed by atoms with Crippen molar-refractivity contribution in [3.8, 4) is 0 Å². The third-order valence-electron chi connectivity index (χ3n) is 4.21. The van der Waals surface area contributed by atoms with Crippen LogP contribution in [0.1, 0.15) is 58.4 Å². The Morgan fingerprint density at radius 3 is 2.71 bits per heavy atom. The second kappa shape index (κ2) is 8.91. The summed E-state index contributed by atoms with van der Waals surface area (Å²) in [5, 5.41) is 0. The number of ether oxygens (including phenoxy) is 1. The number of likely N-dealkylation sites (tertiary alicyclic amines) is 1. The maximum Gasteiger partial charge on any atom is 0.410 e. The molecule has 1 aromatic rings. The Morgan fingerprint density at radius 2 is 2.00 bits per heavy atom. The summed E-state index contributed by atoms with van der Waals surface area (Å²) in [6.07, 6.45) is 10.9. The minimum atomic E-state index is -0.425. The van der Waals surface area contributed by atoms with Gasteiger partial charge in [0.15, 0.2) is 0 Å². The summed E-state index contributed by atoms with van der Waals surface area (Å²) in [5.41, 5.74) is 0.985. The number of carbonyl (C=O) groups is 1. The summed E-state index contributed by atoms with van der Waals surface area (Å²) in [7, 11) is 0. The minimum Gasteiger partial charge on any atom is -0.444 e. The van der Waals surface area contributed by atoms with E-state index in [1.165, 1.54) is 18.4 Å². The minimum absolute atomic E-state index is 0.182. The molecule has 0 spiro atoms. The van der Waals surface area contributed by atoms with Crippen LogP contribution in [0.5, 0.6) is 0 Å². The lowest BCUT2D eigenvalue weighted by Crippen LogP contribution is -2.39. The SMILES string of the molecule is CC(C)(C)OC(=O)N1CCC[C@H]1C=CCCCCc1ccccc1. The summed E-state index contributed by atoms with van der Waals surface area (Å²) < 4.78 is 5.50. The van der Waals surface area contributed by atoms with E-state index in [1.54, 1.807) is 0 Å². The van der Waals surface area contributed by atoms with Crippen LogP contribution in [0, 0.1) is 0 Å². The van der Waals surface area contributed by atoms with Crippen molar-refractivity contribution < 1.29 is 9.53 Å². The van der Waals surface area contributed by atoms with Crippen LogP contribution in [0.4, 0.5) is 4.79 Å². The predicted molar refractivity (Wildman–Crippen MR) is 99.1 cm³/mol. The van der Waals surface area contributed by atoms with Crippen LogP contribution < -0.4 is 0 Å². The second-order valence-electron chi connectivity index (χ2n) is 7.54. The molecule has 0 aromatic heterocycles. The van der Waals surface area contributed by atoms with Crippen LogP contribution in [0.3, 0.4) is 0 Å². The molecule has 1 aliphatic rings. The highest BCUT2D eigenvalue weighted by Crippen LogP contribution is 2.22. The number of hydrogen-bond acceptors (Lipinski definition) is 2. The van der Waals surface area contributed by atoms with Crippen LogP contribution in [0.2, 0.25) is 0 Å². The first-order valence-corrected chi connectivity index (χ1v) is 9.16. The summed E-state index contributed by atoms with van der Waals surface area (Å²) in [6, 6.07) is 10.8. The normalized spacial score (nSPS) is 18.3. The summed E-state index contributed by atoms with van der Waals surface area (Å²) in [4.78, 5) is 14.1. The van der Waals surface area contributed by atoms with Crippen molar-refractivity contribution in [1.82, 2.24) is 4.90 Å². The number of hydrogen-bond donors (Lipinski definition) is 0. The monoisotopic (exact) mass is 329 g/mol. The topological polar surface area (TPSA) is 29.5 Å². The third-order valence-corrected chi connectivity index (χ3v) is 4.21. The van der Waals surface area contributed by atoms with Crippen LogP contribution in [-0.4, -0.2) is 29.2 Å². The van der Waals surface area contributed by atoms with Gasteiger partial charge in [-0.2, -0.15) is 0 Å². The van der Waals surface area contributed by atoms with Gasteiger partial charge in [0.1, 0.15) is 5.60 Å². The molecule has 0 bridgehead atoms. The number of unbranched alkanes of at least 4 members (excludes halogenated alkanes) is 2. The Labute approximate surface area is 146 Å². The molecule has 24 heavy (non-hydrogen) atoms. The Bertz CT molecular complexity index is 531. The molecular weight excluding hydrogens is 298 g/mol. The van der Waals surface area contributed by atoms with E-state index in [9.17, 15) is 4.79 Å². The van der Waals surface area contributed by atoms with Crippen LogP contribution in [0.15, 0.2) is 42.5 Å². The second-order valence-corrected chi connectivity index (χ2v) is 7.54. The van der Waals surface area contributed by atoms with Gasteiger partial charge in [-0.05, 0) is 64.9 Å². The maximum atomic E-state index is 12.2. The highest BCUT2D eigenvalue weighted by molar-refractivity contribution is 5.69. The Kier molecular flexibility index (Phi) is 6.89. The maximum absolute atomic E-state index is 12.2. The van der Waals surface area contributed by atoms with E-state index in [-0.39, 0.29) is 12.1 Å². The van der Waals surface area contributed by atoms with E-state index in [1.807, 2.05) is 25.7 Å². The third kappa shape index (κ3) is 6.38. The molecule has 3 nitrogen and oxygen atoms in total. The van der Waals surface area contributed by atoms with Crippen LogP contribution in [0.25, 0.3) is 0 Å². The molecule has 0 saturated carbocycles. The van der Waals surface area contributed by atoms with Crippen LogP contribution in [-0.2, 0) is 11.2 Å². The Balaban J connectivity index is 1.69.